The molecule has 0 aromatic heterocycles. The first-order valence-electron chi connectivity index (χ1n) is 8.33. The van der Waals surface area contributed by atoms with Crippen LogP contribution in [0.5, 0.6) is 0 Å². The molecule has 1 aromatic carbocycles. The van der Waals surface area contributed by atoms with Gasteiger partial charge in [-0.25, -0.2) is 0 Å². The topological polar surface area (TPSA) is 18.5 Å². The SMILES string of the molecule is CCCN1CCN(CC(NC)c2ccc(C)c(C)c2)CC1. The van der Waals surface area contributed by atoms with Crippen LogP contribution in [-0.4, -0.2) is 56.1 Å². The molecule has 118 valence electrons. The fraction of sp³-hybridized carbons (Fsp3) is 0.667. The number of benzene rings is 1. The highest BCUT2D eigenvalue weighted by molar-refractivity contribution is 5.31. The number of nitrogens with one attached hydrogen (secondary N) is 1. The first kappa shape index (κ1) is 16.5. The summed E-state index contributed by atoms with van der Waals surface area (Å²) in [4.78, 5) is 5.18. The minimum Gasteiger partial charge on any atom is -0.312 e. The zero-order valence-electron chi connectivity index (χ0n) is 14.2. The van der Waals surface area contributed by atoms with Gasteiger partial charge in [-0.3, -0.25) is 4.90 Å². The molecule has 1 unspecified atom stereocenters. The predicted molar refractivity (Wildman–Crippen MR) is 90.9 cm³/mol. The van der Waals surface area contributed by atoms with Crippen molar-refractivity contribution in [1.29, 1.82) is 0 Å². The van der Waals surface area contributed by atoms with Gasteiger partial charge in [0.05, 0.1) is 0 Å². The summed E-state index contributed by atoms with van der Waals surface area (Å²) in [5.41, 5.74) is 4.18. The Bertz CT molecular complexity index is 436. The van der Waals surface area contributed by atoms with Gasteiger partial charge in [-0.05, 0) is 50.6 Å². The van der Waals surface area contributed by atoms with E-state index >= 15 is 0 Å². The number of rotatable bonds is 6. The molecule has 0 aliphatic carbocycles. The second kappa shape index (κ2) is 7.92. The molecule has 0 bridgehead atoms. The van der Waals surface area contributed by atoms with Crippen LogP contribution in [-0.2, 0) is 0 Å². The fourth-order valence-electron chi connectivity index (χ4n) is 3.11. The molecule has 2 rings (SSSR count). The van der Waals surface area contributed by atoms with Gasteiger partial charge in [0.25, 0.3) is 0 Å². The summed E-state index contributed by atoms with van der Waals surface area (Å²) in [6, 6.07) is 7.29. The van der Waals surface area contributed by atoms with Gasteiger partial charge in [-0.2, -0.15) is 0 Å². The minimum atomic E-state index is 0.432. The van der Waals surface area contributed by atoms with Crippen molar-refractivity contribution < 1.29 is 0 Å². The van der Waals surface area contributed by atoms with Crippen LogP contribution in [0.1, 0.15) is 36.1 Å². The van der Waals surface area contributed by atoms with Gasteiger partial charge in [0.1, 0.15) is 0 Å². The Balaban J connectivity index is 1.92. The standard InChI is InChI=1S/C18H31N3/c1-5-8-20-9-11-21(12-10-20)14-18(19-4)17-7-6-15(2)16(3)13-17/h6-7,13,18-19H,5,8-12,14H2,1-4H3. The summed E-state index contributed by atoms with van der Waals surface area (Å²) in [5.74, 6) is 0. The normalized spacial score (nSPS) is 18.9. The first-order valence-corrected chi connectivity index (χ1v) is 8.33. The maximum absolute atomic E-state index is 3.49. The van der Waals surface area contributed by atoms with Crippen molar-refractivity contribution in [2.24, 2.45) is 0 Å². The predicted octanol–water partition coefficient (Wildman–Crippen LogP) is 2.59. The smallest absolute Gasteiger partial charge is 0.0446 e. The molecule has 1 fully saturated rings. The molecule has 1 atom stereocenters. The Morgan fingerprint density at radius 3 is 2.29 bits per heavy atom. The Morgan fingerprint density at radius 2 is 1.71 bits per heavy atom. The number of piperazine rings is 1. The highest BCUT2D eigenvalue weighted by Gasteiger charge is 2.20. The number of aryl methyl sites for hydroxylation is 2. The molecule has 3 nitrogen and oxygen atoms in total. The first-order chi connectivity index (χ1) is 10.1. The quantitative estimate of drug-likeness (QED) is 0.868. The van der Waals surface area contributed by atoms with Crippen molar-refractivity contribution in [1.82, 2.24) is 15.1 Å². The van der Waals surface area contributed by atoms with Crippen LogP contribution in [0.15, 0.2) is 18.2 Å². The average molecular weight is 289 g/mol. The van der Waals surface area contributed by atoms with Crippen molar-refractivity contribution in [3.63, 3.8) is 0 Å². The van der Waals surface area contributed by atoms with Crippen molar-refractivity contribution >= 4 is 0 Å². The molecule has 1 saturated heterocycles. The van der Waals surface area contributed by atoms with Crippen LogP contribution in [0.4, 0.5) is 0 Å². The van der Waals surface area contributed by atoms with Crippen molar-refractivity contribution in [2.75, 3.05) is 46.3 Å². The molecule has 1 aromatic rings. The summed E-state index contributed by atoms with van der Waals surface area (Å²) in [6.45, 7) is 13.8. The van der Waals surface area contributed by atoms with Crippen LogP contribution >= 0.6 is 0 Å². The van der Waals surface area contributed by atoms with Gasteiger partial charge in [0.15, 0.2) is 0 Å². The van der Waals surface area contributed by atoms with Crippen LogP contribution in [0.2, 0.25) is 0 Å². The van der Waals surface area contributed by atoms with E-state index in [0.29, 0.717) is 6.04 Å². The molecule has 3 heteroatoms. The van der Waals surface area contributed by atoms with Crippen LogP contribution in [0.3, 0.4) is 0 Å². The van der Waals surface area contributed by atoms with E-state index in [2.05, 4.69) is 61.1 Å². The summed E-state index contributed by atoms with van der Waals surface area (Å²) >= 11 is 0. The van der Waals surface area contributed by atoms with E-state index < -0.39 is 0 Å². The van der Waals surface area contributed by atoms with Gasteiger partial charge in [0.2, 0.25) is 0 Å². The van der Waals surface area contributed by atoms with Crippen LogP contribution in [0.25, 0.3) is 0 Å². The molecular weight excluding hydrogens is 258 g/mol. The highest BCUT2D eigenvalue weighted by atomic mass is 15.3. The number of nitrogens with zero attached hydrogens (tertiary/aromatic N) is 2. The van der Waals surface area contributed by atoms with Crippen LogP contribution in [0, 0.1) is 13.8 Å². The van der Waals surface area contributed by atoms with Crippen LogP contribution < -0.4 is 5.32 Å². The van der Waals surface area contributed by atoms with E-state index in [1.165, 1.54) is 55.8 Å². The van der Waals surface area contributed by atoms with E-state index in [4.69, 9.17) is 0 Å². The van der Waals surface area contributed by atoms with Gasteiger partial charge in [0, 0.05) is 38.8 Å². The fourth-order valence-corrected chi connectivity index (χ4v) is 3.11. The highest BCUT2D eigenvalue weighted by Crippen LogP contribution is 2.18. The monoisotopic (exact) mass is 289 g/mol. The zero-order valence-corrected chi connectivity index (χ0v) is 14.2. The number of hydrogen-bond acceptors (Lipinski definition) is 3. The summed E-state index contributed by atoms with van der Waals surface area (Å²) in [7, 11) is 2.08. The molecular formula is C18H31N3. The largest absolute Gasteiger partial charge is 0.312 e. The number of hydrogen-bond donors (Lipinski definition) is 1. The van der Waals surface area contributed by atoms with Crippen molar-refractivity contribution in [3.05, 3.63) is 34.9 Å². The Morgan fingerprint density at radius 1 is 1.05 bits per heavy atom. The minimum absolute atomic E-state index is 0.432. The van der Waals surface area contributed by atoms with E-state index in [9.17, 15) is 0 Å². The van der Waals surface area contributed by atoms with E-state index in [-0.39, 0.29) is 0 Å². The lowest BCUT2D eigenvalue weighted by atomic mass is 10.0. The molecule has 0 saturated carbocycles. The molecule has 1 aliphatic rings. The summed E-state index contributed by atoms with van der Waals surface area (Å²) < 4.78 is 0. The molecule has 21 heavy (non-hydrogen) atoms. The van der Waals surface area contributed by atoms with E-state index in [1.807, 2.05) is 0 Å². The maximum Gasteiger partial charge on any atom is 0.0446 e. The van der Waals surface area contributed by atoms with E-state index in [0.717, 1.165) is 6.54 Å². The average Bonchev–Trinajstić information content (AvgIpc) is 2.50. The Hall–Kier alpha value is -0.900. The lowest BCUT2D eigenvalue weighted by Crippen LogP contribution is -2.48. The zero-order chi connectivity index (χ0) is 15.2. The summed E-state index contributed by atoms with van der Waals surface area (Å²) in [5, 5.41) is 3.49. The summed E-state index contributed by atoms with van der Waals surface area (Å²) in [6.07, 6.45) is 1.27. The second-order valence-electron chi connectivity index (χ2n) is 6.33. The van der Waals surface area contributed by atoms with Gasteiger partial charge in [-0.15, -0.1) is 0 Å². The third-order valence-electron chi connectivity index (χ3n) is 4.73. The molecule has 1 heterocycles. The third-order valence-corrected chi connectivity index (χ3v) is 4.73. The molecule has 0 amide bonds. The van der Waals surface area contributed by atoms with Crippen molar-refractivity contribution in [3.8, 4) is 0 Å². The number of likely N-dealkylation sites (N-methyl/N-ethyl adjacent to an activating group) is 1. The lowest BCUT2D eigenvalue weighted by Gasteiger charge is -2.36. The van der Waals surface area contributed by atoms with Gasteiger partial charge in [-0.1, -0.05) is 25.1 Å². The lowest BCUT2D eigenvalue weighted by molar-refractivity contribution is 0.124. The second-order valence-corrected chi connectivity index (χ2v) is 6.33. The van der Waals surface area contributed by atoms with E-state index in [1.54, 1.807) is 0 Å². The molecule has 0 radical (unpaired) electrons. The Labute approximate surface area is 130 Å². The van der Waals surface area contributed by atoms with Gasteiger partial charge < -0.3 is 10.2 Å². The molecule has 0 spiro atoms. The van der Waals surface area contributed by atoms with Gasteiger partial charge >= 0.3 is 0 Å². The molecule has 1 N–H and O–H groups in total. The third kappa shape index (κ3) is 4.53. The Kier molecular flexibility index (Phi) is 6.22. The maximum atomic E-state index is 3.49. The van der Waals surface area contributed by atoms with Crippen molar-refractivity contribution in [2.45, 2.75) is 33.2 Å². The molecule has 1 aliphatic heterocycles.